The predicted molar refractivity (Wildman–Crippen MR) is 82.4 cm³/mol. The first-order valence-electron chi connectivity index (χ1n) is 7.05. The van der Waals surface area contributed by atoms with Crippen LogP contribution in [0.4, 0.5) is 0 Å². The Labute approximate surface area is 123 Å². The Bertz CT molecular complexity index is 691. The van der Waals surface area contributed by atoms with Crippen molar-refractivity contribution in [2.75, 3.05) is 6.61 Å². The lowest BCUT2D eigenvalue weighted by Crippen LogP contribution is -2.38. The lowest BCUT2D eigenvalue weighted by Gasteiger charge is -2.18. The first-order chi connectivity index (χ1) is 10.0. The van der Waals surface area contributed by atoms with Gasteiger partial charge in [-0.1, -0.05) is 32.0 Å². The molecule has 112 valence electrons. The second-order valence-electron chi connectivity index (χ2n) is 5.58. The molecular weight excluding hydrogens is 268 g/mol. The topological polar surface area (TPSA) is 82.2 Å². The van der Waals surface area contributed by atoms with Crippen LogP contribution in [0, 0.1) is 5.92 Å². The lowest BCUT2D eigenvalue weighted by molar-refractivity contribution is 0.0910. The average Bonchev–Trinajstić information content (AvgIpc) is 2.44. The molecule has 1 unspecified atom stereocenters. The SMILES string of the molecule is CC(C)CC(CO)NC(=O)c1cc(=O)[nH]c2ccccc12. The molecule has 1 aromatic heterocycles. The number of hydrogen-bond acceptors (Lipinski definition) is 3. The van der Waals surface area contributed by atoms with Crippen LogP contribution in [0.2, 0.25) is 0 Å². The van der Waals surface area contributed by atoms with E-state index in [1.807, 2.05) is 19.9 Å². The normalized spacial score (nSPS) is 12.6. The highest BCUT2D eigenvalue weighted by molar-refractivity contribution is 6.06. The predicted octanol–water partition coefficient (Wildman–Crippen LogP) is 1.66. The summed E-state index contributed by atoms with van der Waals surface area (Å²) in [7, 11) is 0. The highest BCUT2D eigenvalue weighted by Crippen LogP contribution is 2.15. The third-order valence-electron chi connectivity index (χ3n) is 3.31. The highest BCUT2D eigenvalue weighted by atomic mass is 16.3. The molecule has 0 saturated carbocycles. The highest BCUT2D eigenvalue weighted by Gasteiger charge is 2.17. The van der Waals surface area contributed by atoms with Gasteiger partial charge in [0.05, 0.1) is 18.2 Å². The number of para-hydroxylation sites is 1. The Balaban J connectivity index is 2.33. The summed E-state index contributed by atoms with van der Waals surface area (Å²) in [5, 5.41) is 12.8. The number of pyridine rings is 1. The zero-order valence-corrected chi connectivity index (χ0v) is 12.2. The number of hydrogen-bond donors (Lipinski definition) is 3. The molecule has 0 bridgehead atoms. The fraction of sp³-hybridized carbons (Fsp3) is 0.375. The summed E-state index contributed by atoms with van der Waals surface area (Å²) < 4.78 is 0. The maximum atomic E-state index is 12.4. The Hall–Kier alpha value is -2.14. The third kappa shape index (κ3) is 3.70. The number of benzene rings is 1. The van der Waals surface area contributed by atoms with Gasteiger partial charge in [-0.15, -0.1) is 0 Å². The van der Waals surface area contributed by atoms with Gasteiger partial charge >= 0.3 is 0 Å². The Morgan fingerprint density at radius 3 is 2.71 bits per heavy atom. The summed E-state index contributed by atoms with van der Waals surface area (Å²) in [6, 6.07) is 8.14. The van der Waals surface area contributed by atoms with Crippen LogP contribution in [0.3, 0.4) is 0 Å². The van der Waals surface area contributed by atoms with E-state index in [1.54, 1.807) is 18.2 Å². The quantitative estimate of drug-likeness (QED) is 0.782. The van der Waals surface area contributed by atoms with Gasteiger partial charge in [-0.3, -0.25) is 9.59 Å². The van der Waals surface area contributed by atoms with E-state index < -0.39 is 0 Å². The zero-order chi connectivity index (χ0) is 15.4. The largest absolute Gasteiger partial charge is 0.394 e. The van der Waals surface area contributed by atoms with Crippen LogP contribution >= 0.6 is 0 Å². The average molecular weight is 288 g/mol. The Kier molecular flexibility index (Phi) is 4.75. The Morgan fingerprint density at radius 1 is 1.33 bits per heavy atom. The molecule has 0 spiro atoms. The van der Waals surface area contributed by atoms with Gasteiger partial charge in [-0.2, -0.15) is 0 Å². The first kappa shape index (κ1) is 15.3. The standard InChI is InChI=1S/C16H20N2O3/c1-10(2)7-11(9-19)17-16(21)13-8-15(20)18-14-6-4-3-5-12(13)14/h3-6,8,10-11,19H,7,9H2,1-2H3,(H,17,21)(H,18,20). The number of nitrogens with one attached hydrogen (secondary N) is 2. The number of amides is 1. The number of aliphatic hydroxyl groups is 1. The molecule has 0 radical (unpaired) electrons. The molecule has 3 N–H and O–H groups in total. The fourth-order valence-electron chi connectivity index (χ4n) is 2.40. The van der Waals surface area contributed by atoms with Crippen molar-refractivity contribution in [3.05, 3.63) is 46.2 Å². The molecule has 1 heterocycles. The van der Waals surface area contributed by atoms with Crippen LogP contribution in [-0.4, -0.2) is 28.6 Å². The van der Waals surface area contributed by atoms with Crippen LogP contribution in [-0.2, 0) is 0 Å². The summed E-state index contributed by atoms with van der Waals surface area (Å²) in [4.78, 5) is 26.7. The number of aromatic nitrogens is 1. The fourth-order valence-corrected chi connectivity index (χ4v) is 2.40. The zero-order valence-electron chi connectivity index (χ0n) is 12.2. The van der Waals surface area contributed by atoms with Gasteiger partial charge in [0, 0.05) is 17.0 Å². The molecule has 0 saturated heterocycles. The van der Waals surface area contributed by atoms with Gasteiger partial charge in [0.2, 0.25) is 5.56 Å². The summed E-state index contributed by atoms with van der Waals surface area (Å²) in [6.45, 7) is 3.93. The molecular formula is C16H20N2O3. The van der Waals surface area contributed by atoms with Crippen LogP contribution in [0.15, 0.2) is 35.1 Å². The molecule has 0 aliphatic carbocycles. The maximum absolute atomic E-state index is 12.4. The first-order valence-corrected chi connectivity index (χ1v) is 7.05. The van der Waals surface area contributed by atoms with E-state index in [9.17, 15) is 14.7 Å². The van der Waals surface area contributed by atoms with Crippen LogP contribution < -0.4 is 10.9 Å². The molecule has 0 aliphatic rings. The minimum Gasteiger partial charge on any atom is -0.394 e. The number of rotatable bonds is 5. The molecule has 1 amide bonds. The van der Waals surface area contributed by atoms with E-state index in [0.717, 1.165) is 0 Å². The van der Waals surface area contributed by atoms with E-state index in [1.165, 1.54) is 6.07 Å². The van der Waals surface area contributed by atoms with Crippen molar-refractivity contribution in [1.82, 2.24) is 10.3 Å². The van der Waals surface area contributed by atoms with Crippen molar-refractivity contribution in [2.45, 2.75) is 26.3 Å². The second-order valence-corrected chi connectivity index (χ2v) is 5.58. The number of carbonyl (C=O) groups is 1. The smallest absolute Gasteiger partial charge is 0.252 e. The van der Waals surface area contributed by atoms with Crippen LogP contribution in [0.25, 0.3) is 10.9 Å². The number of aliphatic hydroxyl groups excluding tert-OH is 1. The van der Waals surface area contributed by atoms with E-state index in [4.69, 9.17) is 0 Å². The third-order valence-corrected chi connectivity index (χ3v) is 3.31. The van der Waals surface area contributed by atoms with Crippen molar-refractivity contribution in [3.8, 4) is 0 Å². The van der Waals surface area contributed by atoms with Gasteiger partial charge in [0.25, 0.3) is 5.91 Å². The summed E-state index contributed by atoms with van der Waals surface area (Å²) >= 11 is 0. The Morgan fingerprint density at radius 2 is 2.05 bits per heavy atom. The van der Waals surface area contributed by atoms with Gasteiger partial charge in [-0.05, 0) is 18.4 Å². The van der Waals surface area contributed by atoms with E-state index >= 15 is 0 Å². The minimum atomic E-state index is -0.336. The molecule has 0 fully saturated rings. The van der Waals surface area contributed by atoms with Crippen molar-refractivity contribution < 1.29 is 9.90 Å². The number of carbonyl (C=O) groups excluding carboxylic acids is 1. The summed E-state index contributed by atoms with van der Waals surface area (Å²) in [5.74, 6) is 0.0235. The van der Waals surface area contributed by atoms with E-state index in [0.29, 0.717) is 28.8 Å². The lowest BCUT2D eigenvalue weighted by atomic mass is 10.0. The summed E-state index contributed by atoms with van der Waals surface area (Å²) in [5.41, 5.74) is 0.638. The van der Waals surface area contributed by atoms with E-state index in [2.05, 4.69) is 10.3 Å². The molecule has 2 aromatic rings. The van der Waals surface area contributed by atoms with E-state index in [-0.39, 0.29) is 24.1 Å². The molecule has 5 nitrogen and oxygen atoms in total. The summed E-state index contributed by atoms with van der Waals surface area (Å²) in [6.07, 6.45) is 0.684. The molecule has 1 aromatic carbocycles. The number of H-pyrrole nitrogens is 1. The van der Waals surface area contributed by atoms with Crippen molar-refractivity contribution in [1.29, 1.82) is 0 Å². The van der Waals surface area contributed by atoms with Gasteiger partial charge in [-0.25, -0.2) is 0 Å². The maximum Gasteiger partial charge on any atom is 0.252 e. The molecule has 2 rings (SSSR count). The van der Waals surface area contributed by atoms with Crippen molar-refractivity contribution in [2.24, 2.45) is 5.92 Å². The minimum absolute atomic E-state index is 0.120. The van der Waals surface area contributed by atoms with Crippen molar-refractivity contribution in [3.63, 3.8) is 0 Å². The number of fused-ring (bicyclic) bond motifs is 1. The van der Waals surface area contributed by atoms with Crippen LogP contribution in [0.1, 0.15) is 30.6 Å². The molecule has 1 atom stereocenters. The molecule has 5 heteroatoms. The van der Waals surface area contributed by atoms with Gasteiger partial charge in [0.15, 0.2) is 0 Å². The number of aromatic amines is 1. The van der Waals surface area contributed by atoms with Gasteiger partial charge in [0.1, 0.15) is 0 Å². The molecule has 21 heavy (non-hydrogen) atoms. The monoisotopic (exact) mass is 288 g/mol. The second kappa shape index (κ2) is 6.54. The van der Waals surface area contributed by atoms with Gasteiger partial charge < -0.3 is 15.4 Å². The molecule has 0 aliphatic heterocycles. The van der Waals surface area contributed by atoms with Crippen molar-refractivity contribution >= 4 is 16.8 Å². The van der Waals surface area contributed by atoms with Crippen LogP contribution in [0.5, 0.6) is 0 Å².